The van der Waals surface area contributed by atoms with E-state index in [0.717, 1.165) is 30.3 Å². The van der Waals surface area contributed by atoms with E-state index >= 15 is 0 Å². The first-order chi connectivity index (χ1) is 7.72. The maximum Gasteiger partial charge on any atom is 0.223 e. The molecule has 1 aliphatic carbocycles. The van der Waals surface area contributed by atoms with Gasteiger partial charge in [-0.05, 0) is 19.3 Å². The fourth-order valence-electron chi connectivity index (χ4n) is 1.97. The van der Waals surface area contributed by atoms with Crippen LogP contribution >= 0.6 is 0 Å². The number of aromatic amines is 1. The molecule has 0 aliphatic heterocycles. The van der Waals surface area contributed by atoms with E-state index in [4.69, 9.17) is 4.52 Å². The molecule has 0 spiro atoms. The van der Waals surface area contributed by atoms with Crippen molar-refractivity contribution in [2.24, 2.45) is 5.92 Å². The Balaban J connectivity index is 1.64. The zero-order valence-corrected chi connectivity index (χ0v) is 9.27. The van der Waals surface area contributed by atoms with E-state index in [-0.39, 0.29) is 0 Å². The summed E-state index contributed by atoms with van der Waals surface area (Å²) >= 11 is 0. The molecule has 1 N–H and O–H groups in total. The number of aromatic nitrogens is 5. The SMILES string of the molecule is Cc1nc(CC2CC2c2noc(C)n2)n[nH]1. The van der Waals surface area contributed by atoms with Crippen LogP contribution < -0.4 is 0 Å². The van der Waals surface area contributed by atoms with Gasteiger partial charge in [0.1, 0.15) is 5.82 Å². The number of rotatable bonds is 3. The second-order valence-electron chi connectivity index (χ2n) is 4.32. The minimum Gasteiger partial charge on any atom is -0.340 e. The van der Waals surface area contributed by atoms with E-state index in [2.05, 4.69) is 25.3 Å². The number of hydrogen-bond acceptors (Lipinski definition) is 5. The van der Waals surface area contributed by atoms with Gasteiger partial charge in [-0.15, -0.1) is 0 Å². The first-order valence-corrected chi connectivity index (χ1v) is 5.40. The summed E-state index contributed by atoms with van der Waals surface area (Å²) < 4.78 is 4.97. The normalized spacial score (nSPS) is 23.6. The molecule has 2 aromatic heterocycles. The van der Waals surface area contributed by atoms with Gasteiger partial charge in [0, 0.05) is 19.3 Å². The lowest BCUT2D eigenvalue weighted by Gasteiger charge is -1.91. The van der Waals surface area contributed by atoms with E-state index in [1.807, 2.05) is 13.8 Å². The summed E-state index contributed by atoms with van der Waals surface area (Å²) in [7, 11) is 0. The van der Waals surface area contributed by atoms with Gasteiger partial charge in [0.05, 0.1) is 0 Å². The molecule has 6 nitrogen and oxygen atoms in total. The molecule has 1 aliphatic rings. The molecule has 0 aromatic carbocycles. The first kappa shape index (κ1) is 9.50. The summed E-state index contributed by atoms with van der Waals surface area (Å²) in [5.74, 6) is 4.19. The smallest absolute Gasteiger partial charge is 0.223 e. The average molecular weight is 219 g/mol. The topological polar surface area (TPSA) is 80.5 Å². The predicted molar refractivity (Wildman–Crippen MR) is 54.7 cm³/mol. The summed E-state index contributed by atoms with van der Waals surface area (Å²) in [5.41, 5.74) is 0. The lowest BCUT2D eigenvalue weighted by atomic mass is 10.2. The first-order valence-electron chi connectivity index (χ1n) is 5.40. The molecule has 0 bridgehead atoms. The molecule has 0 saturated heterocycles. The van der Waals surface area contributed by atoms with Crippen LogP contribution in [0, 0.1) is 19.8 Å². The minimum absolute atomic E-state index is 0.427. The van der Waals surface area contributed by atoms with Crippen molar-refractivity contribution in [1.82, 2.24) is 25.3 Å². The van der Waals surface area contributed by atoms with Crippen LogP contribution in [0.4, 0.5) is 0 Å². The maximum atomic E-state index is 4.97. The third-order valence-corrected chi connectivity index (χ3v) is 2.89. The molecule has 16 heavy (non-hydrogen) atoms. The summed E-state index contributed by atoms with van der Waals surface area (Å²) in [4.78, 5) is 8.54. The molecule has 2 atom stereocenters. The number of hydrogen-bond donors (Lipinski definition) is 1. The van der Waals surface area contributed by atoms with Gasteiger partial charge in [0.2, 0.25) is 5.89 Å². The molecule has 2 unspecified atom stereocenters. The van der Waals surface area contributed by atoms with E-state index in [1.165, 1.54) is 0 Å². The van der Waals surface area contributed by atoms with Crippen molar-refractivity contribution in [2.45, 2.75) is 32.6 Å². The van der Waals surface area contributed by atoms with Crippen LogP contribution in [0.3, 0.4) is 0 Å². The Hall–Kier alpha value is -1.72. The fraction of sp³-hybridized carbons (Fsp3) is 0.600. The summed E-state index contributed by atoms with van der Waals surface area (Å²) in [5, 5.41) is 10.9. The van der Waals surface area contributed by atoms with Crippen molar-refractivity contribution >= 4 is 0 Å². The van der Waals surface area contributed by atoms with Crippen molar-refractivity contribution in [2.75, 3.05) is 0 Å². The molecule has 0 amide bonds. The Kier molecular flexibility index (Phi) is 2.02. The highest BCUT2D eigenvalue weighted by atomic mass is 16.5. The third kappa shape index (κ3) is 1.70. The Bertz CT molecular complexity index is 503. The number of nitrogens with zero attached hydrogens (tertiary/aromatic N) is 4. The lowest BCUT2D eigenvalue weighted by Crippen LogP contribution is -1.94. The second-order valence-corrected chi connectivity index (χ2v) is 4.32. The van der Waals surface area contributed by atoms with Crippen molar-refractivity contribution in [3.05, 3.63) is 23.4 Å². The zero-order chi connectivity index (χ0) is 11.1. The van der Waals surface area contributed by atoms with Gasteiger partial charge >= 0.3 is 0 Å². The zero-order valence-electron chi connectivity index (χ0n) is 9.27. The second kappa shape index (κ2) is 3.40. The lowest BCUT2D eigenvalue weighted by molar-refractivity contribution is 0.387. The summed E-state index contributed by atoms with van der Waals surface area (Å²) in [6.07, 6.45) is 2.00. The monoisotopic (exact) mass is 219 g/mol. The van der Waals surface area contributed by atoms with Crippen LogP contribution in [0.25, 0.3) is 0 Å². The van der Waals surface area contributed by atoms with Gasteiger partial charge in [-0.1, -0.05) is 5.16 Å². The van der Waals surface area contributed by atoms with Gasteiger partial charge in [0.15, 0.2) is 11.6 Å². The molecule has 1 saturated carbocycles. The van der Waals surface area contributed by atoms with Crippen molar-refractivity contribution < 1.29 is 4.52 Å². The van der Waals surface area contributed by atoms with E-state index in [1.54, 1.807) is 0 Å². The van der Waals surface area contributed by atoms with Crippen LogP contribution in [0.2, 0.25) is 0 Å². The summed E-state index contributed by atoms with van der Waals surface area (Å²) in [6.45, 7) is 3.72. The maximum absolute atomic E-state index is 4.97. The van der Waals surface area contributed by atoms with Crippen molar-refractivity contribution in [3.63, 3.8) is 0 Å². The molecule has 0 radical (unpaired) electrons. The number of H-pyrrole nitrogens is 1. The van der Waals surface area contributed by atoms with Gasteiger partial charge in [0.25, 0.3) is 0 Å². The Labute approximate surface area is 92.5 Å². The quantitative estimate of drug-likeness (QED) is 0.837. The van der Waals surface area contributed by atoms with Gasteiger partial charge < -0.3 is 4.52 Å². The van der Waals surface area contributed by atoms with Gasteiger partial charge in [-0.2, -0.15) is 10.1 Å². The highest BCUT2D eigenvalue weighted by Crippen LogP contribution is 2.47. The highest BCUT2D eigenvalue weighted by Gasteiger charge is 2.42. The van der Waals surface area contributed by atoms with E-state index in [0.29, 0.717) is 17.7 Å². The number of aryl methyl sites for hydroxylation is 2. The molecular weight excluding hydrogens is 206 g/mol. The van der Waals surface area contributed by atoms with Crippen LogP contribution in [0.5, 0.6) is 0 Å². The molecule has 2 aromatic rings. The van der Waals surface area contributed by atoms with Crippen LogP contribution in [-0.2, 0) is 6.42 Å². The average Bonchev–Trinajstić information content (AvgIpc) is 2.66. The predicted octanol–water partition coefficient (Wildman–Crippen LogP) is 1.15. The van der Waals surface area contributed by atoms with Gasteiger partial charge in [-0.3, -0.25) is 5.10 Å². The van der Waals surface area contributed by atoms with Crippen LogP contribution in [0.15, 0.2) is 4.52 Å². The Morgan fingerprint density at radius 2 is 2.25 bits per heavy atom. The highest BCUT2D eigenvalue weighted by molar-refractivity contribution is 5.11. The molecule has 1 fully saturated rings. The number of nitrogens with one attached hydrogen (secondary N) is 1. The molecular formula is C10H13N5O. The Morgan fingerprint density at radius 3 is 2.88 bits per heavy atom. The molecule has 6 heteroatoms. The third-order valence-electron chi connectivity index (χ3n) is 2.89. The molecule has 84 valence electrons. The van der Waals surface area contributed by atoms with Gasteiger partial charge in [-0.25, -0.2) is 4.98 Å². The van der Waals surface area contributed by atoms with Crippen LogP contribution in [-0.4, -0.2) is 25.3 Å². The van der Waals surface area contributed by atoms with Crippen molar-refractivity contribution in [3.8, 4) is 0 Å². The fourth-order valence-corrected chi connectivity index (χ4v) is 1.97. The van der Waals surface area contributed by atoms with Crippen LogP contribution in [0.1, 0.15) is 35.7 Å². The minimum atomic E-state index is 0.427. The van der Waals surface area contributed by atoms with Crippen molar-refractivity contribution in [1.29, 1.82) is 0 Å². The molecule has 2 heterocycles. The Morgan fingerprint density at radius 1 is 1.38 bits per heavy atom. The summed E-state index contributed by atoms with van der Waals surface area (Å²) in [6, 6.07) is 0. The molecule has 3 rings (SSSR count). The largest absolute Gasteiger partial charge is 0.340 e. The standard InChI is InChI=1S/C10H13N5O/c1-5-11-9(14-13-5)4-7-3-8(7)10-12-6(2)16-15-10/h7-8H,3-4H2,1-2H3,(H,11,13,14). The van der Waals surface area contributed by atoms with E-state index < -0.39 is 0 Å². The van der Waals surface area contributed by atoms with E-state index in [9.17, 15) is 0 Å².